The molecule has 1 aliphatic heterocycles. The van der Waals surface area contributed by atoms with Crippen LogP contribution in [0.2, 0.25) is 5.02 Å². The Bertz CT molecular complexity index is 954. The van der Waals surface area contributed by atoms with Crippen molar-refractivity contribution in [2.75, 3.05) is 31.1 Å². The number of benzene rings is 1. The maximum absolute atomic E-state index is 12.9. The van der Waals surface area contributed by atoms with Crippen molar-refractivity contribution in [3.05, 3.63) is 58.9 Å². The lowest BCUT2D eigenvalue weighted by molar-refractivity contribution is 0.0767. The van der Waals surface area contributed by atoms with Crippen LogP contribution < -0.4 is 4.90 Å². The summed E-state index contributed by atoms with van der Waals surface area (Å²) in [5.74, 6) is 1.07. The average molecular weight is 370 g/mol. The van der Waals surface area contributed by atoms with Crippen LogP contribution in [0.1, 0.15) is 22.3 Å². The van der Waals surface area contributed by atoms with Crippen molar-refractivity contribution in [1.82, 2.24) is 19.5 Å². The number of carbonyl (C=O) groups is 1. The van der Waals surface area contributed by atoms with Gasteiger partial charge in [0, 0.05) is 49.0 Å². The first-order valence-electron chi connectivity index (χ1n) is 8.72. The maximum atomic E-state index is 12.9. The van der Waals surface area contributed by atoms with Gasteiger partial charge in [-0.15, -0.1) is 0 Å². The molecule has 6 nitrogen and oxygen atoms in total. The first-order valence-corrected chi connectivity index (χ1v) is 9.10. The molecule has 1 aromatic carbocycles. The molecule has 2 aromatic heterocycles. The molecule has 3 aromatic rings. The number of aryl methyl sites for hydroxylation is 1. The van der Waals surface area contributed by atoms with Crippen molar-refractivity contribution >= 4 is 29.0 Å². The molecule has 7 heteroatoms. The number of anilines is 1. The van der Waals surface area contributed by atoms with E-state index in [9.17, 15) is 4.79 Å². The Morgan fingerprint density at radius 2 is 1.96 bits per heavy atom. The van der Waals surface area contributed by atoms with Crippen molar-refractivity contribution < 1.29 is 4.79 Å². The summed E-state index contributed by atoms with van der Waals surface area (Å²) < 4.78 is 1.85. The maximum Gasteiger partial charge on any atom is 0.253 e. The summed E-state index contributed by atoms with van der Waals surface area (Å²) in [5.41, 5.74) is 2.45. The predicted octanol–water partition coefficient (Wildman–Crippen LogP) is 3.04. The minimum atomic E-state index is 0.0607. The molecule has 0 radical (unpaired) electrons. The van der Waals surface area contributed by atoms with E-state index < -0.39 is 0 Å². The number of fused-ring (bicyclic) bond motifs is 1. The smallest absolute Gasteiger partial charge is 0.253 e. The lowest BCUT2D eigenvalue weighted by Gasteiger charge is -2.24. The van der Waals surface area contributed by atoms with E-state index in [0.29, 0.717) is 17.1 Å². The van der Waals surface area contributed by atoms with E-state index >= 15 is 0 Å². The van der Waals surface area contributed by atoms with Gasteiger partial charge in [0.25, 0.3) is 5.91 Å². The van der Waals surface area contributed by atoms with Gasteiger partial charge in [-0.2, -0.15) is 9.61 Å². The average Bonchev–Trinajstić information content (AvgIpc) is 3.00. The third-order valence-electron chi connectivity index (χ3n) is 4.78. The highest BCUT2D eigenvalue weighted by atomic mass is 35.5. The number of hydrogen-bond donors (Lipinski definition) is 0. The Balaban J connectivity index is 1.52. The van der Waals surface area contributed by atoms with Gasteiger partial charge in [-0.3, -0.25) is 4.79 Å². The van der Waals surface area contributed by atoms with E-state index in [0.717, 1.165) is 43.1 Å². The summed E-state index contributed by atoms with van der Waals surface area (Å²) in [7, 11) is 0. The molecule has 0 atom stereocenters. The summed E-state index contributed by atoms with van der Waals surface area (Å²) in [4.78, 5) is 21.4. The van der Waals surface area contributed by atoms with E-state index in [4.69, 9.17) is 11.6 Å². The number of nitrogens with zero attached hydrogens (tertiary/aromatic N) is 5. The minimum absolute atomic E-state index is 0.0607. The Hall–Kier alpha value is -2.60. The van der Waals surface area contributed by atoms with Crippen LogP contribution >= 0.6 is 11.6 Å². The molecule has 1 amide bonds. The van der Waals surface area contributed by atoms with E-state index in [1.807, 2.05) is 34.5 Å². The zero-order valence-electron chi connectivity index (χ0n) is 14.6. The molecule has 0 aliphatic carbocycles. The fourth-order valence-corrected chi connectivity index (χ4v) is 3.49. The second kappa shape index (κ2) is 6.96. The summed E-state index contributed by atoms with van der Waals surface area (Å²) >= 11 is 6.08. The summed E-state index contributed by atoms with van der Waals surface area (Å²) in [5, 5.41) is 5.05. The third-order valence-corrected chi connectivity index (χ3v) is 5.21. The van der Waals surface area contributed by atoms with Crippen LogP contribution in [0.25, 0.3) is 5.65 Å². The van der Waals surface area contributed by atoms with Gasteiger partial charge < -0.3 is 9.80 Å². The Kier molecular flexibility index (Phi) is 4.51. The van der Waals surface area contributed by atoms with Crippen LogP contribution in [0.15, 0.2) is 42.7 Å². The second-order valence-electron chi connectivity index (χ2n) is 6.50. The molecule has 1 aliphatic rings. The highest BCUT2D eigenvalue weighted by Crippen LogP contribution is 2.20. The molecular weight excluding hydrogens is 350 g/mol. The van der Waals surface area contributed by atoms with Gasteiger partial charge in [-0.25, -0.2) is 4.98 Å². The number of carbonyl (C=O) groups excluding carboxylic acids is 1. The van der Waals surface area contributed by atoms with Gasteiger partial charge in [0.2, 0.25) is 0 Å². The van der Waals surface area contributed by atoms with Gasteiger partial charge in [0.15, 0.2) is 5.65 Å². The number of halogens is 1. The highest BCUT2D eigenvalue weighted by molar-refractivity contribution is 6.31. The third kappa shape index (κ3) is 3.12. The Morgan fingerprint density at radius 1 is 1.08 bits per heavy atom. The molecule has 0 bridgehead atoms. The van der Waals surface area contributed by atoms with E-state index in [1.165, 1.54) is 0 Å². The molecule has 0 N–H and O–H groups in total. The number of rotatable bonds is 2. The molecule has 0 saturated carbocycles. The monoisotopic (exact) mass is 369 g/mol. The fourth-order valence-electron chi connectivity index (χ4n) is 3.37. The molecule has 0 spiro atoms. The van der Waals surface area contributed by atoms with Crippen molar-refractivity contribution in [2.24, 2.45) is 0 Å². The molecule has 26 heavy (non-hydrogen) atoms. The van der Waals surface area contributed by atoms with Crippen molar-refractivity contribution in [3.63, 3.8) is 0 Å². The lowest BCUT2D eigenvalue weighted by Crippen LogP contribution is -2.35. The Morgan fingerprint density at radius 3 is 2.81 bits per heavy atom. The van der Waals surface area contributed by atoms with Crippen molar-refractivity contribution in [2.45, 2.75) is 13.3 Å². The zero-order valence-corrected chi connectivity index (χ0v) is 15.4. The zero-order chi connectivity index (χ0) is 18.1. The molecule has 1 fully saturated rings. The van der Waals surface area contributed by atoms with Gasteiger partial charge >= 0.3 is 0 Å². The van der Waals surface area contributed by atoms with Crippen molar-refractivity contribution in [1.29, 1.82) is 0 Å². The highest BCUT2D eigenvalue weighted by Gasteiger charge is 2.22. The molecule has 4 rings (SSSR count). The van der Waals surface area contributed by atoms with Crippen molar-refractivity contribution in [3.8, 4) is 0 Å². The van der Waals surface area contributed by atoms with E-state index in [1.54, 1.807) is 24.5 Å². The normalized spacial score (nSPS) is 15.3. The quantitative estimate of drug-likeness (QED) is 0.696. The SMILES string of the molecule is Cc1cc(C(=O)N2CCCN(c3ccnc4ccnn34)CC2)ccc1Cl. The van der Waals surface area contributed by atoms with Gasteiger partial charge in [0.1, 0.15) is 5.82 Å². The Labute approximate surface area is 157 Å². The summed E-state index contributed by atoms with van der Waals surface area (Å²) in [6.45, 7) is 4.97. The standard InChI is InChI=1S/C19H20ClN5O/c1-14-13-15(3-4-16(14)20)19(26)24-10-2-9-23(11-12-24)18-6-7-21-17-5-8-22-25(17)18/h3-8,13H,2,9-12H2,1H3. The second-order valence-corrected chi connectivity index (χ2v) is 6.91. The minimum Gasteiger partial charge on any atom is -0.355 e. The van der Waals surface area contributed by atoms with Crippen LogP contribution in [0, 0.1) is 6.92 Å². The molecular formula is C19H20ClN5O. The van der Waals surface area contributed by atoms with Crippen LogP contribution in [0.5, 0.6) is 0 Å². The molecule has 134 valence electrons. The largest absolute Gasteiger partial charge is 0.355 e. The summed E-state index contributed by atoms with van der Waals surface area (Å²) in [6, 6.07) is 9.32. The molecule has 1 saturated heterocycles. The van der Waals surface area contributed by atoms with Crippen LogP contribution in [-0.2, 0) is 0 Å². The predicted molar refractivity (Wildman–Crippen MR) is 102 cm³/mol. The number of hydrogen-bond acceptors (Lipinski definition) is 4. The van der Waals surface area contributed by atoms with E-state index in [-0.39, 0.29) is 5.91 Å². The van der Waals surface area contributed by atoms with Gasteiger partial charge in [-0.05, 0) is 43.2 Å². The van der Waals surface area contributed by atoms with Crippen LogP contribution in [0.4, 0.5) is 5.82 Å². The van der Waals surface area contributed by atoms with Gasteiger partial charge in [-0.1, -0.05) is 11.6 Å². The molecule has 0 unspecified atom stereocenters. The number of amides is 1. The van der Waals surface area contributed by atoms with Gasteiger partial charge in [0.05, 0.1) is 6.20 Å². The van der Waals surface area contributed by atoms with Crippen LogP contribution in [0.3, 0.4) is 0 Å². The van der Waals surface area contributed by atoms with E-state index in [2.05, 4.69) is 15.0 Å². The lowest BCUT2D eigenvalue weighted by atomic mass is 10.1. The number of aromatic nitrogens is 3. The first-order chi connectivity index (χ1) is 12.6. The summed E-state index contributed by atoms with van der Waals surface area (Å²) in [6.07, 6.45) is 4.46. The van der Waals surface area contributed by atoms with Crippen LogP contribution in [-0.4, -0.2) is 51.6 Å². The molecule has 3 heterocycles. The fraction of sp³-hybridized carbons (Fsp3) is 0.316. The first kappa shape index (κ1) is 16.8. The topological polar surface area (TPSA) is 53.7 Å².